The van der Waals surface area contributed by atoms with Gasteiger partial charge in [-0.05, 0) is 24.1 Å². The van der Waals surface area contributed by atoms with Crippen molar-refractivity contribution in [2.45, 2.75) is 31.4 Å². The molecular formula is C15H19NO5. The number of carbonyl (C=O) groups excluding carboxylic acids is 1. The third-order valence-electron chi connectivity index (χ3n) is 3.67. The van der Waals surface area contributed by atoms with Gasteiger partial charge in [-0.3, -0.25) is 4.79 Å². The lowest BCUT2D eigenvalue weighted by atomic mass is 10.1. The Morgan fingerprint density at radius 2 is 2.00 bits per heavy atom. The van der Waals surface area contributed by atoms with Crippen LogP contribution in [0.5, 0.6) is 5.75 Å². The number of hydrogen-bond acceptors (Lipinski definition) is 4. The van der Waals surface area contributed by atoms with Gasteiger partial charge in [-0.2, -0.15) is 0 Å². The van der Waals surface area contributed by atoms with Crippen molar-refractivity contribution in [3.63, 3.8) is 0 Å². The molecular weight excluding hydrogens is 274 g/mol. The predicted octanol–water partition coefficient (Wildman–Crippen LogP) is 0.674. The molecule has 6 heteroatoms. The van der Waals surface area contributed by atoms with E-state index in [1.54, 1.807) is 7.11 Å². The number of benzene rings is 1. The van der Waals surface area contributed by atoms with Gasteiger partial charge in [-0.1, -0.05) is 12.1 Å². The number of aliphatic hydroxyl groups excluding tert-OH is 1. The van der Waals surface area contributed by atoms with Gasteiger partial charge in [0.05, 0.1) is 13.2 Å². The second-order valence-corrected chi connectivity index (χ2v) is 5.14. The first-order valence-corrected chi connectivity index (χ1v) is 6.84. The fourth-order valence-corrected chi connectivity index (χ4v) is 2.51. The van der Waals surface area contributed by atoms with Gasteiger partial charge >= 0.3 is 5.97 Å². The Morgan fingerprint density at radius 1 is 1.33 bits per heavy atom. The normalized spacial score (nSPS) is 21.3. The van der Waals surface area contributed by atoms with Gasteiger partial charge in [0.1, 0.15) is 11.8 Å². The molecule has 114 valence electrons. The van der Waals surface area contributed by atoms with E-state index in [0.29, 0.717) is 6.42 Å². The number of nitrogens with zero attached hydrogens (tertiary/aromatic N) is 1. The van der Waals surface area contributed by atoms with Gasteiger partial charge in [0, 0.05) is 19.4 Å². The standard InChI is InChI=1S/C15H19NO5/c1-21-12-5-2-10(3-6-12)4-7-14(18)16-9-11(17)8-13(16)15(19)20/h2-3,5-6,11,13,17H,4,7-9H2,1H3,(H,19,20)/t11-,13-/m1/s1. The number of amides is 1. The number of carboxylic acid groups (broad SMARTS) is 1. The number of aliphatic carboxylic acids is 1. The zero-order chi connectivity index (χ0) is 15.4. The van der Waals surface area contributed by atoms with Crippen LogP contribution in [-0.4, -0.2) is 52.8 Å². The molecule has 1 saturated heterocycles. The van der Waals surface area contributed by atoms with Crippen molar-refractivity contribution in [3.8, 4) is 5.75 Å². The third kappa shape index (κ3) is 3.72. The summed E-state index contributed by atoms with van der Waals surface area (Å²) in [6, 6.07) is 6.47. The van der Waals surface area contributed by atoms with Crippen LogP contribution >= 0.6 is 0 Å². The highest BCUT2D eigenvalue weighted by molar-refractivity contribution is 5.84. The Bertz CT molecular complexity index is 513. The van der Waals surface area contributed by atoms with Gasteiger partial charge in [-0.15, -0.1) is 0 Å². The maximum absolute atomic E-state index is 12.1. The molecule has 0 aromatic heterocycles. The summed E-state index contributed by atoms with van der Waals surface area (Å²) >= 11 is 0. The number of carbonyl (C=O) groups is 2. The van der Waals surface area contributed by atoms with Crippen LogP contribution in [0.25, 0.3) is 0 Å². The Morgan fingerprint density at radius 3 is 2.57 bits per heavy atom. The first kappa shape index (κ1) is 15.3. The fourth-order valence-electron chi connectivity index (χ4n) is 2.51. The molecule has 1 heterocycles. The summed E-state index contributed by atoms with van der Waals surface area (Å²) in [5.74, 6) is -0.558. The van der Waals surface area contributed by atoms with Gasteiger partial charge in [0.15, 0.2) is 0 Å². The number of aliphatic hydroxyl groups is 1. The van der Waals surface area contributed by atoms with E-state index in [-0.39, 0.29) is 25.3 Å². The third-order valence-corrected chi connectivity index (χ3v) is 3.67. The molecule has 0 unspecified atom stereocenters. The number of rotatable bonds is 5. The number of likely N-dealkylation sites (tertiary alicyclic amines) is 1. The molecule has 2 rings (SSSR count). The monoisotopic (exact) mass is 293 g/mol. The largest absolute Gasteiger partial charge is 0.497 e. The fraction of sp³-hybridized carbons (Fsp3) is 0.467. The van der Waals surface area contributed by atoms with E-state index in [0.717, 1.165) is 11.3 Å². The van der Waals surface area contributed by atoms with Crippen molar-refractivity contribution in [2.75, 3.05) is 13.7 Å². The number of methoxy groups -OCH3 is 1. The van der Waals surface area contributed by atoms with Crippen molar-refractivity contribution in [1.29, 1.82) is 0 Å². The van der Waals surface area contributed by atoms with E-state index in [2.05, 4.69) is 0 Å². The van der Waals surface area contributed by atoms with Crippen LogP contribution in [0.3, 0.4) is 0 Å². The summed E-state index contributed by atoms with van der Waals surface area (Å²) < 4.78 is 5.06. The van der Waals surface area contributed by atoms with Crippen molar-refractivity contribution in [2.24, 2.45) is 0 Å². The molecule has 0 bridgehead atoms. The van der Waals surface area contributed by atoms with Crippen LogP contribution in [0, 0.1) is 0 Å². The van der Waals surface area contributed by atoms with E-state index in [9.17, 15) is 14.7 Å². The molecule has 1 aliphatic heterocycles. The Hall–Kier alpha value is -2.08. The highest BCUT2D eigenvalue weighted by Crippen LogP contribution is 2.20. The molecule has 1 fully saturated rings. The van der Waals surface area contributed by atoms with Crippen molar-refractivity contribution in [3.05, 3.63) is 29.8 Å². The summed E-state index contributed by atoms with van der Waals surface area (Å²) in [4.78, 5) is 24.5. The maximum atomic E-state index is 12.1. The lowest BCUT2D eigenvalue weighted by Gasteiger charge is -2.21. The zero-order valence-electron chi connectivity index (χ0n) is 11.9. The average molecular weight is 293 g/mol. The highest BCUT2D eigenvalue weighted by atomic mass is 16.5. The van der Waals surface area contributed by atoms with Crippen molar-refractivity contribution >= 4 is 11.9 Å². The van der Waals surface area contributed by atoms with Gasteiger partial charge in [0.2, 0.25) is 5.91 Å². The summed E-state index contributed by atoms with van der Waals surface area (Å²) in [5, 5.41) is 18.6. The van der Waals surface area contributed by atoms with E-state index < -0.39 is 18.1 Å². The quantitative estimate of drug-likeness (QED) is 0.833. The molecule has 6 nitrogen and oxygen atoms in total. The number of β-amino-alcohol motifs (C(OH)–C–C–N with tert-alkyl or cyclic N) is 1. The molecule has 1 aliphatic rings. The molecule has 2 atom stereocenters. The molecule has 0 spiro atoms. The Balaban J connectivity index is 1.92. The summed E-state index contributed by atoms with van der Waals surface area (Å²) in [6.07, 6.45) is 0.102. The minimum Gasteiger partial charge on any atom is -0.497 e. The molecule has 1 aromatic carbocycles. The smallest absolute Gasteiger partial charge is 0.326 e. The van der Waals surface area contributed by atoms with Crippen molar-refractivity contribution < 1.29 is 24.5 Å². The van der Waals surface area contributed by atoms with Crippen LogP contribution in [0.15, 0.2) is 24.3 Å². The molecule has 21 heavy (non-hydrogen) atoms. The number of aryl methyl sites for hydroxylation is 1. The highest BCUT2D eigenvalue weighted by Gasteiger charge is 2.38. The maximum Gasteiger partial charge on any atom is 0.326 e. The van der Waals surface area contributed by atoms with E-state index in [1.165, 1.54) is 4.90 Å². The predicted molar refractivity (Wildman–Crippen MR) is 75.1 cm³/mol. The summed E-state index contributed by atoms with van der Waals surface area (Å²) in [7, 11) is 1.59. The van der Waals surface area contributed by atoms with Gasteiger partial charge in [0.25, 0.3) is 0 Å². The summed E-state index contributed by atoms with van der Waals surface area (Å²) in [5.41, 5.74) is 0.982. The van der Waals surface area contributed by atoms with Gasteiger partial charge < -0.3 is 19.8 Å². The molecule has 0 aliphatic carbocycles. The minimum absolute atomic E-state index is 0.0956. The minimum atomic E-state index is -1.07. The van der Waals surface area contributed by atoms with Gasteiger partial charge in [-0.25, -0.2) is 4.79 Å². The zero-order valence-corrected chi connectivity index (χ0v) is 11.9. The average Bonchev–Trinajstić information content (AvgIpc) is 2.87. The van der Waals surface area contributed by atoms with Crippen LogP contribution < -0.4 is 4.74 Å². The Kier molecular flexibility index (Phi) is 4.80. The van der Waals surface area contributed by atoms with Crippen LogP contribution in [0.2, 0.25) is 0 Å². The first-order valence-electron chi connectivity index (χ1n) is 6.84. The molecule has 0 radical (unpaired) electrons. The molecule has 1 aromatic rings. The lowest BCUT2D eigenvalue weighted by Crippen LogP contribution is -2.40. The second-order valence-electron chi connectivity index (χ2n) is 5.14. The number of hydrogen-bond donors (Lipinski definition) is 2. The van der Waals surface area contributed by atoms with E-state index in [4.69, 9.17) is 9.84 Å². The lowest BCUT2D eigenvalue weighted by molar-refractivity contribution is -0.148. The molecule has 1 amide bonds. The van der Waals surface area contributed by atoms with E-state index >= 15 is 0 Å². The summed E-state index contributed by atoms with van der Waals surface area (Å²) in [6.45, 7) is 0.0956. The Labute approximate surface area is 122 Å². The topological polar surface area (TPSA) is 87.1 Å². The molecule has 2 N–H and O–H groups in total. The van der Waals surface area contributed by atoms with Crippen molar-refractivity contribution in [1.82, 2.24) is 4.90 Å². The number of ether oxygens (including phenoxy) is 1. The first-order chi connectivity index (χ1) is 10.0. The molecule has 0 saturated carbocycles. The van der Waals surface area contributed by atoms with Crippen LogP contribution in [0.4, 0.5) is 0 Å². The SMILES string of the molecule is COc1ccc(CCC(=O)N2C[C@H](O)C[C@@H]2C(=O)O)cc1. The van der Waals surface area contributed by atoms with E-state index in [1.807, 2.05) is 24.3 Å². The number of carboxylic acids is 1. The van der Waals surface area contributed by atoms with Crippen LogP contribution in [-0.2, 0) is 16.0 Å². The van der Waals surface area contributed by atoms with Crippen LogP contribution in [0.1, 0.15) is 18.4 Å². The second kappa shape index (κ2) is 6.58.